The van der Waals surface area contributed by atoms with E-state index in [1.165, 1.54) is 12.1 Å². The van der Waals surface area contributed by atoms with Crippen molar-refractivity contribution in [3.05, 3.63) is 42.1 Å². The van der Waals surface area contributed by atoms with Crippen LogP contribution in [0.15, 0.2) is 41.4 Å². The molecule has 9 heteroatoms. The fourth-order valence-corrected chi connectivity index (χ4v) is 3.09. The van der Waals surface area contributed by atoms with Gasteiger partial charge in [0.2, 0.25) is 0 Å². The van der Waals surface area contributed by atoms with Gasteiger partial charge in [0.15, 0.2) is 5.65 Å². The Morgan fingerprint density at radius 2 is 1.92 bits per heavy atom. The van der Waals surface area contributed by atoms with Crippen molar-refractivity contribution in [2.45, 2.75) is 31.3 Å². The Labute approximate surface area is 152 Å². The highest BCUT2D eigenvalue weighted by molar-refractivity contribution is 7.85. The molecule has 138 valence electrons. The smallest absolute Gasteiger partial charge is 0.294 e. The Balaban J connectivity index is 1.86. The van der Waals surface area contributed by atoms with E-state index in [1.807, 2.05) is 27.0 Å². The lowest BCUT2D eigenvalue weighted by molar-refractivity contribution is 0.483. The summed E-state index contributed by atoms with van der Waals surface area (Å²) in [7, 11) is -2.34. The third-order valence-electron chi connectivity index (χ3n) is 3.85. The number of benzene rings is 1. The number of aromatic nitrogens is 3. The lowest BCUT2D eigenvalue weighted by Gasteiger charge is -2.13. The second-order valence-corrected chi connectivity index (χ2v) is 7.75. The molecule has 0 atom stereocenters. The Bertz CT molecular complexity index is 1030. The first-order chi connectivity index (χ1) is 12.2. The average molecular weight is 375 g/mol. The number of pyridine rings is 1. The first-order valence-corrected chi connectivity index (χ1v) is 9.57. The number of nitrogens with zero attached hydrogens (tertiary/aromatic N) is 3. The topological polar surface area (TPSA) is 109 Å². The first-order valence-electron chi connectivity index (χ1n) is 8.13. The fraction of sp³-hybridized carbons (Fsp3) is 0.294. The quantitative estimate of drug-likeness (QED) is 0.568. The van der Waals surface area contributed by atoms with Gasteiger partial charge in [-0.1, -0.05) is 12.1 Å². The van der Waals surface area contributed by atoms with E-state index < -0.39 is 10.1 Å². The summed E-state index contributed by atoms with van der Waals surface area (Å²) in [6, 6.07) is 8.25. The molecule has 0 spiro atoms. The molecule has 0 saturated heterocycles. The number of hydrogen-bond acceptors (Lipinski definition) is 6. The summed E-state index contributed by atoms with van der Waals surface area (Å²) >= 11 is 0. The maximum atomic E-state index is 11.1. The molecule has 0 amide bonds. The zero-order chi connectivity index (χ0) is 18.9. The van der Waals surface area contributed by atoms with E-state index in [0.717, 1.165) is 28.1 Å². The molecule has 2 heterocycles. The number of anilines is 2. The average Bonchev–Trinajstić information content (AvgIpc) is 2.93. The Morgan fingerprint density at radius 1 is 1.23 bits per heavy atom. The van der Waals surface area contributed by atoms with Crippen molar-refractivity contribution in [1.82, 2.24) is 14.8 Å². The summed E-state index contributed by atoms with van der Waals surface area (Å²) in [6.45, 7) is 4.57. The van der Waals surface area contributed by atoms with Crippen molar-refractivity contribution < 1.29 is 13.0 Å². The number of rotatable bonds is 6. The molecule has 0 aliphatic rings. The molecule has 8 nitrogen and oxygen atoms in total. The van der Waals surface area contributed by atoms with Crippen LogP contribution >= 0.6 is 0 Å². The van der Waals surface area contributed by atoms with Crippen LogP contribution in [-0.2, 0) is 23.7 Å². The van der Waals surface area contributed by atoms with Crippen molar-refractivity contribution in [1.29, 1.82) is 0 Å². The standard InChI is InChI=1S/C17H21N5O3S/c1-11(2)20-16-8-15(14-10-19-22(3)17(14)21-16)18-9-12-4-6-13(7-5-12)26(23,24)25/h4-8,10-11H,9H2,1-3H3,(H2,18,20,21)(H,23,24,25). The molecule has 0 radical (unpaired) electrons. The Morgan fingerprint density at radius 3 is 2.54 bits per heavy atom. The highest BCUT2D eigenvalue weighted by Gasteiger charge is 2.11. The third-order valence-corrected chi connectivity index (χ3v) is 4.71. The van der Waals surface area contributed by atoms with Crippen LogP contribution in [0.5, 0.6) is 0 Å². The third kappa shape index (κ3) is 3.94. The monoisotopic (exact) mass is 375 g/mol. The highest BCUT2D eigenvalue weighted by Crippen LogP contribution is 2.26. The Kier molecular flexibility index (Phi) is 4.84. The molecular weight excluding hydrogens is 354 g/mol. The summed E-state index contributed by atoms with van der Waals surface area (Å²) in [5.74, 6) is 0.750. The van der Waals surface area contributed by atoms with E-state index in [2.05, 4.69) is 20.7 Å². The predicted octanol–water partition coefficient (Wildman–Crippen LogP) is 2.65. The molecule has 0 saturated carbocycles. The predicted molar refractivity (Wildman–Crippen MR) is 101 cm³/mol. The van der Waals surface area contributed by atoms with Gasteiger partial charge in [-0.15, -0.1) is 0 Å². The van der Waals surface area contributed by atoms with Gasteiger partial charge in [-0.3, -0.25) is 9.23 Å². The van der Waals surface area contributed by atoms with E-state index in [4.69, 9.17) is 4.55 Å². The van der Waals surface area contributed by atoms with Crippen LogP contribution in [0.3, 0.4) is 0 Å². The number of nitrogens with one attached hydrogen (secondary N) is 2. The van der Waals surface area contributed by atoms with Gasteiger partial charge in [0.25, 0.3) is 10.1 Å². The zero-order valence-corrected chi connectivity index (χ0v) is 15.6. The normalized spacial score (nSPS) is 11.9. The van der Waals surface area contributed by atoms with Crippen LogP contribution in [0.4, 0.5) is 11.5 Å². The second kappa shape index (κ2) is 6.93. The van der Waals surface area contributed by atoms with Crippen molar-refractivity contribution in [2.24, 2.45) is 7.05 Å². The van der Waals surface area contributed by atoms with E-state index in [-0.39, 0.29) is 10.9 Å². The molecule has 3 N–H and O–H groups in total. The maximum absolute atomic E-state index is 11.1. The number of aryl methyl sites for hydroxylation is 1. The van der Waals surface area contributed by atoms with Crippen LogP contribution in [0.1, 0.15) is 19.4 Å². The largest absolute Gasteiger partial charge is 0.380 e. The van der Waals surface area contributed by atoms with Gasteiger partial charge >= 0.3 is 0 Å². The van der Waals surface area contributed by atoms with Gasteiger partial charge in [-0.05, 0) is 31.5 Å². The molecule has 26 heavy (non-hydrogen) atoms. The van der Waals surface area contributed by atoms with Crippen LogP contribution in [0.2, 0.25) is 0 Å². The van der Waals surface area contributed by atoms with Gasteiger partial charge in [0.1, 0.15) is 5.82 Å². The van der Waals surface area contributed by atoms with Gasteiger partial charge < -0.3 is 10.6 Å². The molecule has 3 rings (SSSR count). The zero-order valence-electron chi connectivity index (χ0n) is 14.8. The minimum absolute atomic E-state index is 0.122. The van der Waals surface area contributed by atoms with Gasteiger partial charge in [0.05, 0.1) is 22.2 Å². The van der Waals surface area contributed by atoms with Gasteiger partial charge in [0, 0.05) is 25.7 Å². The first kappa shape index (κ1) is 18.2. The molecular formula is C17H21N5O3S. The van der Waals surface area contributed by atoms with Crippen LogP contribution < -0.4 is 10.6 Å². The summed E-state index contributed by atoms with van der Waals surface area (Å²) in [4.78, 5) is 4.46. The van der Waals surface area contributed by atoms with E-state index in [0.29, 0.717) is 6.54 Å². The van der Waals surface area contributed by atoms with E-state index in [9.17, 15) is 8.42 Å². The van der Waals surface area contributed by atoms with Crippen LogP contribution in [-0.4, -0.2) is 33.8 Å². The summed E-state index contributed by atoms with van der Waals surface area (Å²) in [5.41, 5.74) is 2.52. The van der Waals surface area contributed by atoms with E-state index >= 15 is 0 Å². The fourth-order valence-electron chi connectivity index (χ4n) is 2.61. The molecule has 0 aliphatic carbocycles. The molecule has 0 unspecified atom stereocenters. The highest BCUT2D eigenvalue weighted by atomic mass is 32.2. The van der Waals surface area contributed by atoms with Crippen molar-refractivity contribution in [3.63, 3.8) is 0 Å². The van der Waals surface area contributed by atoms with Crippen molar-refractivity contribution in [3.8, 4) is 0 Å². The van der Waals surface area contributed by atoms with Gasteiger partial charge in [-0.25, -0.2) is 4.98 Å². The summed E-state index contributed by atoms with van der Waals surface area (Å²) < 4.78 is 33.0. The summed E-state index contributed by atoms with van der Waals surface area (Å²) in [6.07, 6.45) is 1.76. The second-order valence-electron chi connectivity index (χ2n) is 6.33. The Hall–Kier alpha value is -2.65. The van der Waals surface area contributed by atoms with Crippen LogP contribution in [0.25, 0.3) is 11.0 Å². The number of hydrogen-bond donors (Lipinski definition) is 3. The minimum atomic E-state index is -4.18. The van der Waals surface area contributed by atoms with Crippen molar-refractivity contribution >= 4 is 32.7 Å². The van der Waals surface area contributed by atoms with Crippen LogP contribution in [0, 0.1) is 0 Å². The molecule has 3 aromatic rings. The molecule has 0 fully saturated rings. The lowest BCUT2D eigenvalue weighted by atomic mass is 10.2. The number of fused-ring (bicyclic) bond motifs is 1. The van der Waals surface area contributed by atoms with E-state index in [1.54, 1.807) is 23.0 Å². The minimum Gasteiger partial charge on any atom is -0.380 e. The summed E-state index contributed by atoms with van der Waals surface area (Å²) in [5, 5.41) is 11.8. The SMILES string of the molecule is CC(C)Nc1cc(NCc2ccc(S(=O)(=O)O)cc2)c2cnn(C)c2n1. The molecule has 0 aliphatic heterocycles. The van der Waals surface area contributed by atoms with Crippen molar-refractivity contribution in [2.75, 3.05) is 10.6 Å². The van der Waals surface area contributed by atoms with Gasteiger partial charge in [-0.2, -0.15) is 13.5 Å². The lowest BCUT2D eigenvalue weighted by Crippen LogP contribution is -2.12. The molecule has 0 bridgehead atoms. The molecule has 2 aromatic heterocycles. The molecule has 1 aromatic carbocycles. The maximum Gasteiger partial charge on any atom is 0.294 e.